The van der Waals surface area contributed by atoms with Gasteiger partial charge in [0.2, 0.25) is 5.88 Å². The highest BCUT2D eigenvalue weighted by Gasteiger charge is 2.13. The van der Waals surface area contributed by atoms with Crippen LogP contribution >= 0.6 is 10.3 Å². The number of benzene rings is 1. The van der Waals surface area contributed by atoms with Crippen LogP contribution < -0.4 is 4.74 Å². The van der Waals surface area contributed by atoms with Crippen molar-refractivity contribution in [1.29, 1.82) is 0 Å². The molecular weight excluding hydrogens is 284 g/mol. The SMILES string of the molecule is C=C(/N=C/c1c(OCC)ccc(F)c1F)OS(C)(C)C. The van der Waals surface area contributed by atoms with Gasteiger partial charge in [0.15, 0.2) is 11.6 Å². The summed E-state index contributed by atoms with van der Waals surface area (Å²) in [4.78, 5) is 3.92. The second kappa shape index (κ2) is 6.74. The summed E-state index contributed by atoms with van der Waals surface area (Å²) in [5.74, 6) is -1.58. The normalized spacial score (nSPS) is 12.5. The maximum absolute atomic E-state index is 13.8. The van der Waals surface area contributed by atoms with Gasteiger partial charge in [0.05, 0.1) is 12.2 Å². The molecule has 0 atom stereocenters. The van der Waals surface area contributed by atoms with Gasteiger partial charge in [0.1, 0.15) is 5.75 Å². The van der Waals surface area contributed by atoms with Gasteiger partial charge in [-0.3, -0.25) is 0 Å². The fourth-order valence-corrected chi connectivity index (χ4v) is 2.02. The van der Waals surface area contributed by atoms with Crippen molar-refractivity contribution in [2.75, 3.05) is 25.4 Å². The Morgan fingerprint density at radius 3 is 2.55 bits per heavy atom. The van der Waals surface area contributed by atoms with E-state index in [2.05, 4.69) is 11.6 Å². The lowest BCUT2D eigenvalue weighted by atomic mass is 10.2. The highest BCUT2D eigenvalue weighted by Crippen LogP contribution is 2.38. The molecule has 0 radical (unpaired) electrons. The van der Waals surface area contributed by atoms with E-state index in [0.29, 0.717) is 6.61 Å². The third-order valence-electron chi connectivity index (χ3n) is 2.08. The number of hydrogen-bond acceptors (Lipinski definition) is 3. The van der Waals surface area contributed by atoms with Crippen molar-refractivity contribution in [1.82, 2.24) is 0 Å². The van der Waals surface area contributed by atoms with E-state index in [1.807, 2.05) is 18.8 Å². The monoisotopic (exact) mass is 303 g/mol. The van der Waals surface area contributed by atoms with Gasteiger partial charge in [0.25, 0.3) is 0 Å². The molecule has 112 valence electrons. The van der Waals surface area contributed by atoms with E-state index in [0.717, 1.165) is 12.3 Å². The molecule has 0 spiro atoms. The average molecular weight is 303 g/mol. The van der Waals surface area contributed by atoms with Gasteiger partial charge in [-0.2, -0.15) is 0 Å². The van der Waals surface area contributed by atoms with Crippen LogP contribution in [0.3, 0.4) is 0 Å². The topological polar surface area (TPSA) is 30.8 Å². The summed E-state index contributed by atoms with van der Waals surface area (Å²) in [5, 5.41) is 0. The Labute approximate surface area is 119 Å². The predicted octanol–water partition coefficient (Wildman–Crippen LogP) is 3.88. The molecular formula is C14H19F2NO2S. The van der Waals surface area contributed by atoms with E-state index < -0.39 is 21.9 Å². The first kappa shape index (κ1) is 16.5. The van der Waals surface area contributed by atoms with Gasteiger partial charge >= 0.3 is 0 Å². The Bertz CT molecular complexity index is 525. The van der Waals surface area contributed by atoms with E-state index in [1.165, 1.54) is 6.07 Å². The van der Waals surface area contributed by atoms with Gasteiger partial charge in [-0.05, 0) is 44.4 Å². The van der Waals surface area contributed by atoms with Crippen LogP contribution in [0.5, 0.6) is 5.75 Å². The number of hydrogen-bond donors (Lipinski definition) is 0. The zero-order chi connectivity index (χ0) is 15.3. The average Bonchev–Trinajstić information content (AvgIpc) is 2.31. The Balaban J connectivity index is 3.01. The first-order valence-electron chi connectivity index (χ1n) is 5.96. The molecule has 0 aliphatic carbocycles. The fraction of sp³-hybridized carbons (Fsp3) is 0.357. The predicted molar refractivity (Wildman–Crippen MR) is 80.7 cm³/mol. The minimum absolute atomic E-state index is 0.0551. The molecule has 0 heterocycles. The van der Waals surface area contributed by atoms with Crippen molar-refractivity contribution in [2.45, 2.75) is 6.92 Å². The van der Waals surface area contributed by atoms with Crippen LogP contribution in [0.2, 0.25) is 0 Å². The first-order valence-corrected chi connectivity index (χ1v) is 8.74. The highest BCUT2D eigenvalue weighted by atomic mass is 32.3. The largest absolute Gasteiger partial charge is 0.493 e. The first-order chi connectivity index (χ1) is 9.24. The van der Waals surface area contributed by atoms with Crippen LogP contribution in [0, 0.1) is 11.6 Å². The van der Waals surface area contributed by atoms with Crippen LogP contribution in [0.15, 0.2) is 29.6 Å². The van der Waals surface area contributed by atoms with Crippen LogP contribution in [-0.4, -0.2) is 31.6 Å². The third-order valence-corrected chi connectivity index (χ3v) is 2.77. The number of halogens is 2. The fourth-order valence-electron chi connectivity index (χ4n) is 1.40. The highest BCUT2D eigenvalue weighted by molar-refractivity contribution is 8.28. The van der Waals surface area contributed by atoms with Crippen LogP contribution in [0.1, 0.15) is 12.5 Å². The summed E-state index contributed by atoms with van der Waals surface area (Å²) in [7, 11) is -1.28. The van der Waals surface area contributed by atoms with Crippen molar-refractivity contribution in [3.05, 3.63) is 41.8 Å². The Kier molecular flexibility index (Phi) is 5.56. The lowest BCUT2D eigenvalue weighted by molar-refractivity contribution is 0.335. The second-order valence-electron chi connectivity index (χ2n) is 4.67. The molecule has 0 aromatic heterocycles. The Hall–Kier alpha value is -1.56. The number of ether oxygens (including phenoxy) is 1. The number of aliphatic imine (C=N–C) groups is 1. The van der Waals surface area contributed by atoms with Crippen molar-refractivity contribution in [3.63, 3.8) is 0 Å². The minimum atomic E-state index is -1.28. The number of rotatable bonds is 6. The van der Waals surface area contributed by atoms with Crippen molar-refractivity contribution >= 4 is 16.5 Å². The Morgan fingerprint density at radius 2 is 2.00 bits per heavy atom. The molecule has 0 amide bonds. The molecule has 0 N–H and O–H groups in total. The molecule has 1 aromatic rings. The zero-order valence-electron chi connectivity index (χ0n) is 12.1. The lowest BCUT2D eigenvalue weighted by Gasteiger charge is -2.25. The van der Waals surface area contributed by atoms with Crippen molar-refractivity contribution in [3.8, 4) is 5.75 Å². The van der Waals surface area contributed by atoms with Gasteiger partial charge in [-0.25, -0.2) is 13.8 Å². The molecule has 0 aliphatic rings. The van der Waals surface area contributed by atoms with Crippen molar-refractivity contribution < 1.29 is 17.7 Å². The molecule has 0 saturated heterocycles. The van der Waals surface area contributed by atoms with Gasteiger partial charge in [-0.1, -0.05) is 10.3 Å². The van der Waals surface area contributed by atoms with E-state index in [1.54, 1.807) is 6.92 Å². The van der Waals surface area contributed by atoms with Crippen molar-refractivity contribution in [2.24, 2.45) is 4.99 Å². The minimum Gasteiger partial charge on any atom is -0.493 e. The molecule has 0 bridgehead atoms. The smallest absolute Gasteiger partial charge is 0.217 e. The van der Waals surface area contributed by atoms with E-state index in [9.17, 15) is 8.78 Å². The summed E-state index contributed by atoms with van der Waals surface area (Å²) in [6.45, 7) is 5.73. The summed E-state index contributed by atoms with van der Waals surface area (Å²) >= 11 is 0. The van der Waals surface area contributed by atoms with Crippen LogP contribution in [0.4, 0.5) is 8.78 Å². The molecule has 20 heavy (non-hydrogen) atoms. The summed E-state index contributed by atoms with van der Waals surface area (Å²) in [6, 6.07) is 2.38. The molecule has 0 saturated carbocycles. The maximum Gasteiger partial charge on any atom is 0.217 e. The Morgan fingerprint density at radius 1 is 1.35 bits per heavy atom. The van der Waals surface area contributed by atoms with Crippen LogP contribution in [0.25, 0.3) is 0 Å². The standard InChI is InChI=1S/C14H19F2NO2S/c1-6-18-13-8-7-12(15)14(16)11(13)9-17-10(2)19-20(3,4)5/h7-9H,2,6H2,1,3-5H3/b17-9+. The summed E-state index contributed by atoms with van der Waals surface area (Å²) in [6.07, 6.45) is 6.92. The second-order valence-corrected chi connectivity index (χ2v) is 8.28. The molecule has 3 nitrogen and oxygen atoms in total. The maximum atomic E-state index is 13.8. The van der Waals surface area contributed by atoms with E-state index in [-0.39, 0.29) is 17.2 Å². The molecule has 0 aliphatic heterocycles. The molecule has 1 rings (SSSR count). The van der Waals surface area contributed by atoms with E-state index in [4.69, 9.17) is 8.92 Å². The number of nitrogens with zero attached hydrogens (tertiary/aromatic N) is 1. The quantitative estimate of drug-likeness (QED) is 0.590. The molecule has 0 fully saturated rings. The van der Waals surface area contributed by atoms with Crippen LogP contribution in [-0.2, 0) is 4.18 Å². The van der Waals surface area contributed by atoms with Gasteiger partial charge < -0.3 is 8.92 Å². The molecule has 6 heteroatoms. The summed E-state index contributed by atoms with van der Waals surface area (Å²) < 4.78 is 37.7. The molecule has 1 aromatic carbocycles. The third kappa shape index (κ3) is 4.85. The van der Waals surface area contributed by atoms with E-state index >= 15 is 0 Å². The van der Waals surface area contributed by atoms with Gasteiger partial charge in [-0.15, -0.1) is 0 Å². The zero-order valence-corrected chi connectivity index (χ0v) is 12.9. The molecule has 0 unspecified atom stereocenters. The summed E-state index contributed by atoms with van der Waals surface area (Å²) in [5.41, 5.74) is -0.0551. The lowest BCUT2D eigenvalue weighted by Crippen LogP contribution is -2.02. The van der Waals surface area contributed by atoms with Gasteiger partial charge in [0, 0.05) is 6.21 Å².